The standard InChI is InChI=1S/C20H16N2O5S/c23-18(21-22-20(25)16-7-4-12-26-16)13-27-19(24)11-9-15-8-10-17(28-15)14-5-2-1-3-6-14/h1-12H,13H2,(H,21,23)(H,22,25)/b11-9+. The molecule has 3 aromatic rings. The van der Waals surface area contributed by atoms with Crippen LogP contribution in [0.25, 0.3) is 16.5 Å². The van der Waals surface area contributed by atoms with E-state index in [1.165, 1.54) is 29.7 Å². The Morgan fingerprint density at radius 2 is 1.82 bits per heavy atom. The summed E-state index contributed by atoms with van der Waals surface area (Å²) in [5.74, 6) is -1.91. The first-order valence-corrected chi connectivity index (χ1v) is 9.06. The number of nitrogens with one attached hydrogen (secondary N) is 2. The van der Waals surface area contributed by atoms with E-state index in [4.69, 9.17) is 9.15 Å². The lowest BCUT2D eigenvalue weighted by molar-refractivity contribution is -0.144. The van der Waals surface area contributed by atoms with E-state index >= 15 is 0 Å². The van der Waals surface area contributed by atoms with Gasteiger partial charge in [0.1, 0.15) is 0 Å². The molecule has 8 heteroatoms. The number of hydrazine groups is 1. The molecule has 2 aromatic heterocycles. The van der Waals surface area contributed by atoms with E-state index in [9.17, 15) is 14.4 Å². The summed E-state index contributed by atoms with van der Waals surface area (Å²) in [7, 11) is 0. The van der Waals surface area contributed by atoms with Gasteiger partial charge in [-0.2, -0.15) is 0 Å². The highest BCUT2D eigenvalue weighted by molar-refractivity contribution is 7.16. The highest BCUT2D eigenvalue weighted by Gasteiger charge is 2.10. The van der Waals surface area contributed by atoms with Gasteiger partial charge in [-0.25, -0.2) is 4.79 Å². The second kappa shape index (κ2) is 9.33. The fourth-order valence-electron chi connectivity index (χ4n) is 2.17. The van der Waals surface area contributed by atoms with Gasteiger partial charge >= 0.3 is 11.9 Å². The Bertz CT molecular complexity index is 977. The van der Waals surface area contributed by atoms with E-state index in [1.54, 1.807) is 12.1 Å². The van der Waals surface area contributed by atoms with Crippen LogP contribution in [0.5, 0.6) is 0 Å². The summed E-state index contributed by atoms with van der Waals surface area (Å²) in [6.45, 7) is -0.526. The molecule has 0 atom stereocenters. The molecule has 2 heterocycles. The van der Waals surface area contributed by atoms with Gasteiger partial charge in [-0.3, -0.25) is 20.4 Å². The van der Waals surface area contributed by atoms with Crippen molar-refractivity contribution in [3.63, 3.8) is 0 Å². The van der Waals surface area contributed by atoms with Crippen LogP contribution in [0.4, 0.5) is 0 Å². The van der Waals surface area contributed by atoms with Gasteiger partial charge in [0.25, 0.3) is 5.91 Å². The summed E-state index contributed by atoms with van der Waals surface area (Å²) in [5, 5.41) is 0. The molecule has 142 valence electrons. The van der Waals surface area contributed by atoms with Gasteiger partial charge in [-0.1, -0.05) is 30.3 Å². The third kappa shape index (κ3) is 5.42. The molecule has 0 aliphatic carbocycles. The Kier molecular flexibility index (Phi) is 6.37. The smallest absolute Gasteiger partial charge is 0.331 e. The monoisotopic (exact) mass is 396 g/mol. The minimum atomic E-state index is -0.677. The zero-order chi connectivity index (χ0) is 19.8. The predicted octanol–water partition coefficient (Wildman–Crippen LogP) is 3.03. The van der Waals surface area contributed by atoms with Gasteiger partial charge in [0.2, 0.25) is 0 Å². The summed E-state index contributed by atoms with van der Waals surface area (Å²) in [6.07, 6.45) is 4.20. The zero-order valence-corrected chi connectivity index (χ0v) is 15.4. The third-order valence-electron chi connectivity index (χ3n) is 3.47. The lowest BCUT2D eigenvalue weighted by atomic mass is 10.2. The van der Waals surface area contributed by atoms with Crippen molar-refractivity contribution < 1.29 is 23.5 Å². The Labute approximate surface area is 164 Å². The van der Waals surface area contributed by atoms with Crippen LogP contribution in [-0.2, 0) is 14.3 Å². The molecule has 0 radical (unpaired) electrons. The maximum absolute atomic E-state index is 11.7. The maximum atomic E-state index is 11.7. The van der Waals surface area contributed by atoms with Crippen LogP contribution in [0, 0.1) is 0 Å². The Morgan fingerprint density at radius 3 is 2.57 bits per heavy atom. The number of thiophene rings is 1. The van der Waals surface area contributed by atoms with Crippen molar-refractivity contribution in [2.24, 2.45) is 0 Å². The number of hydrogen-bond donors (Lipinski definition) is 2. The molecule has 1 aromatic carbocycles. The molecule has 0 saturated heterocycles. The van der Waals surface area contributed by atoms with Crippen LogP contribution >= 0.6 is 11.3 Å². The number of esters is 1. The number of furan rings is 1. The number of ether oxygens (including phenoxy) is 1. The van der Waals surface area contributed by atoms with Gasteiger partial charge in [0.05, 0.1) is 6.26 Å². The minimum absolute atomic E-state index is 0.0473. The molecule has 0 saturated carbocycles. The summed E-state index contributed by atoms with van der Waals surface area (Å²) in [6, 6.07) is 16.8. The van der Waals surface area contributed by atoms with E-state index < -0.39 is 24.4 Å². The maximum Gasteiger partial charge on any atom is 0.331 e. The normalized spacial score (nSPS) is 10.6. The van der Waals surface area contributed by atoms with E-state index in [-0.39, 0.29) is 5.76 Å². The minimum Gasteiger partial charge on any atom is -0.459 e. The molecule has 0 aliphatic rings. The molecule has 3 rings (SSSR count). The van der Waals surface area contributed by atoms with Crippen LogP contribution in [0.2, 0.25) is 0 Å². The second-order valence-corrected chi connectivity index (χ2v) is 6.60. The largest absolute Gasteiger partial charge is 0.459 e. The van der Waals surface area contributed by atoms with E-state index in [1.807, 2.05) is 42.5 Å². The molecular formula is C20H16N2O5S. The van der Waals surface area contributed by atoms with Gasteiger partial charge in [0, 0.05) is 15.8 Å². The van der Waals surface area contributed by atoms with Crippen LogP contribution in [0.1, 0.15) is 15.4 Å². The fourth-order valence-corrected chi connectivity index (χ4v) is 3.08. The van der Waals surface area contributed by atoms with Gasteiger partial charge in [-0.15, -0.1) is 11.3 Å². The SMILES string of the molecule is O=C(COC(=O)/C=C/c1ccc(-c2ccccc2)s1)NNC(=O)c1ccco1. The molecular weight excluding hydrogens is 380 g/mol. The Balaban J connectivity index is 1.42. The first-order chi connectivity index (χ1) is 13.6. The molecule has 0 unspecified atom stereocenters. The number of carbonyl (C=O) groups excluding carboxylic acids is 3. The summed E-state index contributed by atoms with van der Waals surface area (Å²) in [5.41, 5.74) is 5.37. The van der Waals surface area contributed by atoms with Crippen LogP contribution in [-0.4, -0.2) is 24.4 Å². The van der Waals surface area contributed by atoms with Crippen LogP contribution < -0.4 is 10.9 Å². The van der Waals surface area contributed by atoms with Crippen LogP contribution in [0.15, 0.2) is 71.4 Å². The van der Waals surface area contributed by atoms with Crippen molar-refractivity contribution in [1.82, 2.24) is 10.9 Å². The molecule has 2 amide bonds. The summed E-state index contributed by atoms with van der Waals surface area (Å²) in [4.78, 5) is 36.9. The first kappa shape index (κ1) is 19.1. The number of carbonyl (C=O) groups is 3. The van der Waals surface area contributed by atoms with Crippen molar-refractivity contribution in [2.45, 2.75) is 0 Å². The molecule has 28 heavy (non-hydrogen) atoms. The molecule has 0 bridgehead atoms. The van der Waals surface area contributed by atoms with E-state index in [0.717, 1.165) is 15.3 Å². The van der Waals surface area contributed by atoms with Crippen molar-refractivity contribution in [2.75, 3.05) is 6.61 Å². The van der Waals surface area contributed by atoms with Crippen molar-refractivity contribution in [3.8, 4) is 10.4 Å². The average Bonchev–Trinajstić information content (AvgIpc) is 3.42. The second-order valence-electron chi connectivity index (χ2n) is 5.49. The zero-order valence-electron chi connectivity index (χ0n) is 14.6. The molecule has 0 spiro atoms. The summed E-state index contributed by atoms with van der Waals surface area (Å²) < 4.78 is 9.70. The number of hydrogen-bond acceptors (Lipinski definition) is 6. The quantitative estimate of drug-likeness (QED) is 0.379. The third-order valence-corrected chi connectivity index (χ3v) is 4.57. The van der Waals surface area contributed by atoms with Crippen molar-refractivity contribution >= 4 is 35.2 Å². The molecule has 2 N–H and O–H groups in total. The lowest BCUT2D eigenvalue weighted by Gasteiger charge is -2.05. The Hall–Kier alpha value is -3.65. The molecule has 0 fully saturated rings. The van der Waals surface area contributed by atoms with E-state index in [0.29, 0.717) is 0 Å². The number of rotatable bonds is 6. The van der Waals surface area contributed by atoms with Crippen molar-refractivity contribution in [1.29, 1.82) is 0 Å². The molecule has 0 aliphatic heterocycles. The predicted molar refractivity (Wildman–Crippen MR) is 104 cm³/mol. The number of amides is 2. The van der Waals surface area contributed by atoms with E-state index in [2.05, 4.69) is 10.9 Å². The lowest BCUT2D eigenvalue weighted by Crippen LogP contribution is -2.43. The number of benzene rings is 1. The van der Waals surface area contributed by atoms with Gasteiger partial charge in [0.15, 0.2) is 12.4 Å². The summed E-state index contributed by atoms with van der Waals surface area (Å²) >= 11 is 1.53. The first-order valence-electron chi connectivity index (χ1n) is 8.24. The van der Waals surface area contributed by atoms with Crippen LogP contribution in [0.3, 0.4) is 0 Å². The van der Waals surface area contributed by atoms with Gasteiger partial charge in [-0.05, 0) is 35.9 Å². The molecule has 7 nitrogen and oxygen atoms in total. The van der Waals surface area contributed by atoms with Crippen molar-refractivity contribution in [3.05, 3.63) is 77.6 Å². The fraction of sp³-hybridized carbons (Fsp3) is 0.0500. The Morgan fingerprint density at radius 1 is 1.00 bits per heavy atom. The van der Waals surface area contributed by atoms with Gasteiger partial charge < -0.3 is 9.15 Å². The topological polar surface area (TPSA) is 97.6 Å². The average molecular weight is 396 g/mol. The highest BCUT2D eigenvalue weighted by Crippen LogP contribution is 2.28. The highest BCUT2D eigenvalue weighted by atomic mass is 32.1.